The fourth-order valence-corrected chi connectivity index (χ4v) is 3.33. The summed E-state index contributed by atoms with van der Waals surface area (Å²) in [5.74, 6) is 0.839. The highest BCUT2D eigenvalue weighted by Crippen LogP contribution is 2.48. The van der Waals surface area contributed by atoms with Crippen molar-refractivity contribution in [2.75, 3.05) is 19.1 Å². The van der Waals surface area contributed by atoms with Crippen LogP contribution in [0.2, 0.25) is 0 Å². The van der Waals surface area contributed by atoms with Crippen LogP contribution in [0.15, 0.2) is 66.9 Å². The molecular weight excluding hydrogens is 286 g/mol. The third-order valence-electron chi connectivity index (χ3n) is 4.53. The van der Waals surface area contributed by atoms with Gasteiger partial charge in [0.1, 0.15) is 11.2 Å². The summed E-state index contributed by atoms with van der Waals surface area (Å²) in [6.07, 6.45) is 2.36. The number of carbonyl (C=O) groups excluding carboxylic acids is 1. The van der Waals surface area contributed by atoms with Crippen molar-refractivity contribution in [1.29, 1.82) is 0 Å². The van der Waals surface area contributed by atoms with Crippen molar-refractivity contribution in [1.82, 2.24) is 0 Å². The molecule has 1 unspecified atom stereocenters. The van der Waals surface area contributed by atoms with Gasteiger partial charge in [-0.25, -0.2) is 0 Å². The second kappa shape index (κ2) is 5.79. The average Bonchev–Trinajstić information content (AvgIpc) is 2.83. The lowest BCUT2D eigenvalue weighted by Gasteiger charge is -2.27. The fourth-order valence-electron chi connectivity index (χ4n) is 3.33. The lowest BCUT2D eigenvalue weighted by molar-refractivity contribution is -0.121. The summed E-state index contributed by atoms with van der Waals surface area (Å²) in [7, 11) is 3.46. The number of nitrogens with zero attached hydrogens (tertiary/aromatic N) is 1. The van der Waals surface area contributed by atoms with Crippen molar-refractivity contribution < 1.29 is 9.53 Å². The highest BCUT2D eigenvalue weighted by atomic mass is 16.5. The van der Waals surface area contributed by atoms with Crippen LogP contribution < -0.4 is 9.64 Å². The SMILES string of the molecule is C=C=CCC1(c2ccc(OC)cc2)C(=O)N(C)c2ccccc21. The topological polar surface area (TPSA) is 29.5 Å². The van der Waals surface area contributed by atoms with E-state index in [1.807, 2.05) is 61.7 Å². The highest BCUT2D eigenvalue weighted by molar-refractivity contribution is 6.10. The van der Waals surface area contributed by atoms with E-state index in [-0.39, 0.29) is 5.91 Å². The molecule has 0 aliphatic carbocycles. The molecule has 1 aliphatic rings. The van der Waals surface area contributed by atoms with Gasteiger partial charge >= 0.3 is 0 Å². The molecule has 0 N–H and O–H groups in total. The summed E-state index contributed by atoms with van der Waals surface area (Å²) in [6, 6.07) is 15.6. The van der Waals surface area contributed by atoms with Gasteiger partial charge in [0, 0.05) is 12.7 Å². The van der Waals surface area contributed by atoms with Gasteiger partial charge in [-0.1, -0.05) is 36.9 Å². The van der Waals surface area contributed by atoms with E-state index >= 15 is 0 Å². The van der Waals surface area contributed by atoms with E-state index in [0.717, 1.165) is 22.6 Å². The van der Waals surface area contributed by atoms with E-state index in [1.165, 1.54) is 0 Å². The number of rotatable bonds is 4. The summed E-state index contributed by atoms with van der Waals surface area (Å²) in [6.45, 7) is 3.65. The zero-order valence-electron chi connectivity index (χ0n) is 13.4. The van der Waals surface area contributed by atoms with Crippen LogP contribution in [-0.4, -0.2) is 20.1 Å². The molecule has 3 nitrogen and oxygen atoms in total. The third-order valence-corrected chi connectivity index (χ3v) is 4.53. The first-order valence-corrected chi connectivity index (χ1v) is 7.51. The summed E-state index contributed by atoms with van der Waals surface area (Å²) < 4.78 is 5.24. The Kier molecular flexibility index (Phi) is 3.81. The molecule has 116 valence electrons. The summed E-state index contributed by atoms with van der Waals surface area (Å²) in [5.41, 5.74) is 4.99. The lowest BCUT2D eigenvalue weighted by atomic mass is 9.73. The first-order valence-electron chi connectivity index (χ1n) is 7.51. The Morgan fingerprint density at radius 3 is 2.57 bits per heavy atom. The molecule has 3 heteroatoms. The Balaban J connectivity index is 2.25. The molecule has 2 aromatic carbocycles. The molecule has 0 radical (unpaired) electrons. The molecule has 1 atom stereocenters. The molecule has 0 fully saturated rings. The number of allylic oxidation sites excluding steroid dienone is 1. The second-order valence-electron chi connectivity index (χ2n) is 5.63. The number of benzene rings is 2. The first-order chi connectivity index (χ1) is 11.1. The molecule has 0 spiro atoms. The van der Waals surface area contributed by atoms with E-state index in [1.54, 1.807) is 12.0 Å². The van der Waals surface area contributed by atoms with Crippen LogP contribution in [0.25, 0.3) is 0 Å². The van der Waals surface area contributed by atoms with Crippen molar-refractivity contribution in [2.24, 2.45) is 0 Å². The van der Waals surface area contributed by atoms with Crippen molar-refractivity contribution >= 4 is 11.6 Å². The Morgan fingerprint density at radius 1 is 1.22 bits per heavy atom. The van der Waals surface area contributed by atoms with Gasteiger partial charge in [0.2, 0.25) is 5.91 Å². The van der Waals surface area contributed by atoms with E-state index < -0.39 is 5.41 Å². The quantitative estimate of drug-likeness (QED) is 0.806. The predicted molar refractivity (Wildman–Crippen MR) is 92.0 cm³/mol. The van der Waals surface area contributed by atoms with Gasteiger partial charge in [0.25, 0.3) is 0 Å². The molecule has 0 saturated carbocycles. The Bertz CT molecular complexity index is 788. The maximum Gasteiger partial charge on any atom is 0.242 e. The number of likely N-dealkylation sites (N-methyl/N-ethyl adjacent to an activating group) is 1. The Hall–Kier alpha value is -2.77. The molecule has 0 aromatic heterocycles. The van der Waals surface area contributed by atoms with Crippen molar-refractivity contribution in [3.8, 4) is 5.75 Å². The van der Waals surface area contributed by atoms with Crippen molar-refractivity contribution in [3.05, 3.63) is 78.0 Å². The van der Waals surface area contributed by atoms with E-state index in [4.69, 9.17) is 4.74 Å². The summed E-state index contributed by atoms with van der Waals surface area (Å²) in [5, 5.41) is 0. The van der Waals surface area contributed by atoms with Crippen LogP contribution >= 0.6 is 0 Å². The maximum absolute atomic E-state index is 13.2. The van der Waals surface area contributed by atoms with Gasteiger partial charge in [-0.15, -0.1) is 5.73 Å². The van der Waals surface area contributed by atoms with Crippen molar-refractivity contribution in [2.45, 2.75) is 11.8 Å². The van der Waals surface area contributed by atoms with E-state index in [9.17, 15) is 4.79 Å². The van der Waals surface area contributed by atoms with Gasteiger partial charge in [0.15, 0.2) is 0 Å². The maximum atomic E-state index is 13.2. The Morgan fingerprint density at radius 2 is 1.91 bits per heavy atom. The van der Waals surface area contributed by atoms with Crippen LogP contribution in [0.5, 0.6) is 5.75 Å². The number of carbonyl (C=O) groups is 1. The van der Waals surface area contributed by atoms with E-state index in [0.29, 0.717) is 6.42 Å². The van der Waals surface area contributed by atoms with Crippen molar-refractivity contribution in [3.63, 3.8) is 0 Å². The standard InChI is InChI=1S/C20H19NO2/c1-4-5-14-20(15-10-12-16(23-3)13-11-15)17-8-6-7-9-18(17)21(2)19(20)22/h5-13H,1,14H2,2-3H3. The van der Waals surface area contributed by atoms with Gasteiger partial charge in [-0.05, 0) is 41.8 Å². The molecule has 23 heavy (non-hydrogen) atoms. The summed E-state index contributed by atoms with van der Waals surface area (Å²) in [4.78, 5) is 14.9. The van der Waals surface area contributed by atoms with E-state index in [2.05, 4.69) is 12.3 Å². The number of para-hydroxylation sites is 1. The largest absolute Gasteiger partial charge is 0.497 e. The van der Waals surface area contributed by atoms with Gasteiger partial charge in [-0.3, -0.25) is 4.79 Å². The van der Waals surface area contributed by atoms with Gasteiger partial charge in [-0.2, -0.15) is 0 Å². The molecule has 0 bridgehead atoms. The minimum atomic E-state index is -0.734. The fraction of sp³-hybridized carbons (Fsp3) is 0.200. The monoisotopic (exact) mass is 305 g/mol. The van der Waals surface area contributed by atoms with Crippen LogP contribution in [0, 0.1) is 0 Å². The smallest absolute Gasteiger partial charge is 0.242 e. The zero-order valence-corrected chi connectivity index (χ0v) is 13.4. The van der Waals surface area contributed by atoms with Crippen LogP contribution in [0.4, 0.5) is 5.69 Å². The minimum Gasteiger partial charge on any atom is -0.497 e. The normalized spacial score (nSPS) is 19.2. The molecule has 1 amide bonds. The Labute approximate surface area is 136 Å². The average molecular weight is 305 g/mol. The second-order valence-corrected chi connectivity index (χ2v) is 5.63. The number of ether oxygens (including phenoxy) is 1. The first kappa shape index (κ1) is 15.1. The number of hydrogen-bond donors (Lipinski definition) is 0. The predicted octanol–water partition coefficient (Wildman–Crippen LogP) is 3.69. The number of amides is 1. The molecule has 2 aromatic rings. The number of methoxy groups -OCH3 is 1. The zero-order chi connectivity index (χ0) is 16.4. The molecular formula is C20H19NO2. The molecule has 0 saturated heterocycles. The van der Waals surface area contributed by atoms with Crippen LogP contribution in [0.1, 0.15) is 17.5 Å². The van der Waals surface area contributed by atoms with Gasteiger partial charge < -0.3 is 9.64 Å². The molecule has 1 aliphatic heterocycles. The highest BCUT2D eigenvalue weighted by Gasteiger charge is 2.50. The van der Waals surface area contributed by atoms with Gasteiger partial charge in [0.05, 0.1) is 7.11 Å². The minimum absolute atomic E-state index is 0.0652. The third kappa shape index (κ3) is 2.18. The van der Waals surface area contributed by atoms with Crippen LogP contribution in [-0.2, 0) is 10.2 Å². The molecule has 3 rings (SSSR count). The number of anilines is 1. The molecule has 1 heterocycles. The lowest BCUT2D eigenvalue weighted by Crippen LogP contribution is -2.39. The number of fused-ring (bicyclic) bond motifs is 1. The summed E-state index contributed by atoms with van der Waals surface area (Å²) >= 11 is 0. The number of hydrogen-bond acceptors (Lipinski definition) is 2. The van der Waals surface area contributed by atoms with Crippen LogP contribution in [0.3, 0.4) is 0 Å².